The average molecular weight is 196 g/mol. The maximum atomic E-state index is 11.3. The summed E-state index contributed by atoms with van der Waals surface area (Å²) < 4.78 is 0. The van der Waals surface area contributed by atoms with Crippen molar-refractivity contribution in [3.63, 3.8) is 0 Å². The van der Waals surface area contributed by atoms with Crippen molar-refractivity contribution >= 4 is 11.8 Å². The molecule has 0 aliphatic carbocycles. The van der Waals surface area contributed by atoms with E-state index in [1.165, 1.54) is 6.08 Å². The molecule has 0 aromatic rings. The van der Waals surface area contributed by atoms with Crippen LogP contribution >= 0.6 is 0 Å². The predicted molar refractivity (Wildman–Crippen MR) is 53.4 cm³/mol. The van der Waals surface area contributed by atoms with E-state index in [9.17, 15) is 9.59 Å². The fraction of sp³-hybridized carbons (Fsp3) is 0.600. The molecule has 0 aromatic heterocycles. The second-order valence-corrected chi connectivity index (χ2v) is 3.38. The first-order chi connectivity index (χ1) is 6.65. The van der Waals surface area contributed by atoms with Crippen LogP contribution in [0.3, 0.4) is 0 Å². The highest BCUT2D eigenvalue weighted by atomic mass is 16.2. The molecular weight excluding hydrogens is 180 g/mol. The number of allylic oxidation sites excluding steroid dienone is 1. The topological polar surface area (TPSA) is 49.4 Å². The summed E-state index contributed by atoms with van der Waals surface area (Å²) >= 11 is 0. The Morgan fingerprint density at radius 2 is 2.36 bits per heavy atom. The number of amides is 2. The molecule has 1 N–H and O–H groups in total. The molecule has 4 heteroatoms. The first kappa shape index (κ1) is 10.8. The van der Waals surface area contributed by atoms with E-state index in [0.717, 1.165) is 13.0 Å². The lowest BCUT2D eigenvalue weighted by molar-refractivity contribution is -0.131. The van der Waals surface area contributed by atoms with Crippen LogP contribution in [-0.4, -0.2) is 29.4 Å². The van der Waals surface area contributed by atoms with E-state index >= 15 is 0 Å². The van der Waals surface area contributed by atoms with Crippen molar-refractivity contribution in [3.05, 3.63) is 12.2 Å². The Bertz CT molecular complexity index is 261. The minimum Gasteiger partial charge on any atom is -0.333 e. The highest BCUT2D eigenvalue weighted by molar-refractivity contribution is 5.88. The highest BCUT2D eigenvalue weighted by Crippen LogP contribution is 2.11. The van der Waals surface area contributed by atoms with Gasteiger partial charge in [-0.3, -0.25) is 9.59 Å². The number of hydrogen-bond acceptors (Lipinski definition) is 2. The number of carbonyl (C=O) groups excluding carboxylic acids is 2. The maximum Gasteiger partial charge on any atom is 0.245 e. The average Bonchev–Trinajstić information content (AvgIpc) is 2.51. The van der Waals surface area contributed by atoms with Crippen LogP contribution in [0.5, 0.6) is 0 Å². The van der Waals surface area contributed by atoms with Gasteiger partial charge in [-0.05, 0) is 26.3 Å². The highest BCUT2D eigenvalue weighted by Gasteiger charge is 2.25. The zero-order valence-electron chi connectivity index (χ0n) is 8.62. The van der Waals surface area contributed by atoms with Gasteiger partial charge >= 0.3 is 0 Å². The van der Waals surface area contributed by atoms with Gasteiger partial charge in [0.2, 0.25) is 11.8 Å². The minimum absolute atomic E-state index is 0.123. The third-order valence-corrected chi connectivity index (χ3v) is 2.25. The molecule has 4 nitrogen and oxygen atoms in total. The van der Waals surface area contributed by atoms with Crippen molar-refractivity contribution in [1.82, 2.24) is 10.2 Å². The van der Waals surface area contributed by atoms with Crippen molar-refractivity contribution in [3.8, 4) is 0 Å². The number of carbonyl (C=O) groups is 2. The third kappa shape index (κ3) is 2.58. The van der Waals surface area contributed by atoms with Gasteiger partial charge in [0.25, 0.3) is 0 Å². The summed E-state index contributed by atoms with van der Waals surface area (Å²) in [5.41, 5.74) is 0. The second-order valence-electron chi connectivity index (χ2n) is 3.38. The molecule has 14 heavy (non-hydrogen) atoms. The number of likely N-dealkylation sites (tertiary alicyclic amines) is 1. The van der Waals surface area contributed by atoms with Crippen LogP contribution in [0, 0.1) is 0 Å². The predicted octanol–water partition coefficient (Wildman–Crippen LogP) is 0.647. The molecule has 1 saturated heterocycles. The first-order valence-electron chi connectivity index (χ1n) is 4.88. The quantitative estimate of drug-likeness (QED) is 0.674. The number of hydrogen-bond donors (Lipinski definition) is 1. The van der Waals surface area contributed by atoms with Crippen LogP contribution in [0.1, 0.15) is 26.7 Å². The molecule has 1 fully saturated rings. The van der Waals surface area contributed by atoms with Crippen LogP contribution < -0.4 is 5.32 Å². The van der Waals surface area contributed by atoms with Crippen LogP contribution in [-0.2, 0) is 9.59 Å². The monoisotopic (exact) mass is 196 g/mol. The van der Waals surface area contributed by atoms with E-state index in [1.807, 2.05) is 6.92 Å². The Kier molecular flexibility index (Phi) is 3.68. The number of nitrogens with one attached hydrogen (secondary N) is 1. The Labute approximate surface area is 84.0 Å². The van der Waals surface area contributed by atoms with Crippen LogP contribution in [0.15, 0.2) is 12.2 Å². The largest absolute Gasteiger partial charge is 0.333 e. The normalized spacial score (nSPS) is 19.0. The molecule has 0 saturated carbocycles. The van der Waals surface area contributed by atoms with E-state index < -0.39 is 0 Å². The minimum atomic E-state index is -0.200. The van der Waals surface area contributed by atoms with E-state index in [-0.39, 0.29) is 18.0 Å². The zero-order valence-corrected chi connectivity index (χ0v) is 8.62. The summed E-state index contributed by atoms with van der Waals surface area (Å²) in [5.74, 6) is -0.0296. The molecule has 78 valence electrons. The molecule has 1 aliphatic rings. The summed E-state index contributed by atoms with van der Waals surface area (Å²) in [6.45, 7) is 4.35. The lowest BCUT2D eigenvalue weighted by Gasteiger charge is -2.24. The van der Waals surface area contributed by atoms with Crippen LogP contribution in [0.2, 0.25) is 0 Å². The van der Waals surface area contributed by atoms with Crippen molar-refractivity contribution in [1.29, 1.82) is 0 Å². The van der Waals surface area contributed by atoms with Gasteiger partial charge < -0.3 is 10.2 Å². The van der Waals surface area contributed by atoms with Gasteiger partial charge in [0.1, 0.15) is 6.17 Å². The van der Waals surface area contributed by atoms with E-state index in [2.05, 4.69) is 5.32 Å². The molecule has 1 heterocycles. The lowest BCUT2D eigenvalue weighted by atomic mass is 10.4. The van der Waals surface area contributed by atoms with Gasteiger partial charge in [-0.25, -0.2) is 0 Å². The van der Waals surface area contributed by atoms with Crippen molar-refractivity contribution in [2.45, 2.75) is 32.9 Å². The third-order valence-electron chi connectivity index (χ3n) is 2.25. The fourth-order valence-corrected chi connectivity index (χ4v) is 1.56. The second kappa shape index (κ2) is 4.79. The summed E-state index contributed by atoms with van der Waals surface area (Å²) in [4.78, 5) is 24.2. The molecule has 0 spiro atoms. The Morgan fingerprint density at radius 3 is 2.86 bits per heavy atom. The van der Waals surface area contributed by atoms with Crippen molar-refractivity contribution in [2.75, 3.05) is 6.54 Å². The van der Waals surface area contributed by atoms with Gasteiger partial charge in [0, 0.05) is 13.0 Å². The maximum absolute atomic E-state index is 11.3. The molecule has 1 rings (SSSR count). The molecular formula is C10H16N2O2. The van der Waals surface area contributed by atoms with Gasteiger partial charge in [-0.1, -0.05) is 6.08 Å². The van der Waals surface area contributed by atoms with Crippen LogP contribution in [0.4, 0.5) is 0 Å². The summed E-state index contributed by atoms with van der Waals surface area (Å²) in [6, 6.07) is 0. The standard InChI is InChI=1S/C10H16N2O2/c1-3-5-9(13)11-8(2)12-7-4-6-10(12)14/h3,5,8H,4,6-7H2,1-2H3,(H,11,13)/b5-3-. The van der Waals surface area contributed by atoms with Gasteiger partial charge in [0.15, 0.2) is 0 Å². The Hall–Kier alpha value is -1.32. The SMILES string of the molecule is C/C=C\C(=O)NC(C)N1CCCC1=O. The Balaban J connectivity index is 2.45. The summed E-state index contributed by atoms with van der Waals surface area (Å²) in [5, 5.41) is 2.73. The van der Waals surface area contributed by atoms with E-state index in [4.69, 9.17) is 0 Å². The lowest BCUT2D eigenvalue weighted by Crippen LogP contribution is -2.46. The van der Waals surface area contributed by atoms with Crippen molar-refractivity contribution in [2.24, 2.45) is 0 Å². The molecule has 1 unspecified atom stereocenters. The fourth-order valence-electron chi connectivity index (χ4n) is 1.56. The van der Waals surface area contributed by atoms with Crippen LogP contribution in [0.25, 0.3) is 0 Å². The van der Waals surface area contributed by atoms with E-state index in [1.54, 1.807) is 17.9 Å². The number of nitrogens with zero attached hydrogens (tertiary/aromatic N) is 1. The molecule has 1 aliphatic heterocycles. The first-order valence-corrected chi connectivity index (χ1v) is 4.88. The summed E-state index contributed by atoms with van der Waals surface area (Å²) in [6.07, 6.45) is 4.42. The van der Waals surface area contributed by atoms with Gasteiger partial charge in [-0.15, -0.1) is 0 Å². The molecule has 0 radical (unpaired) electrons. The molecule has 1 atom stereocenters. The molecule has 0 aromatic carbocycles. The smallest absolute Gasteiger partial charge is 0.245 e. The summed E-state index contributed by atoms with van der Waals surface area (Å²) in [7, 11) is 0. The zero-order chi connectivity index (χ0) is 10.6. The number of rotatable bonds is 3. The van der Waals surface area contributed by atoms with Gasteiger partial charge in [-0.2, -0.15) is 0 Å². The molecule has 2 amide bonds. The van der Waals surface area contributed by atoms with Crippen molar-refractivity contribution < 1.29 is 9.59 Å². The van der Waals surface area contributed by atoms with E-state index in [0.29, 0.717) is 6.42 Å². The Morgan fingerprint density at radius 1 is 1.64 bits per heavy atom. The molecule has 0 bridgehead atoms. The van der Waals surface area contributed by atoms with Gasteiger partial charge in [0.05, 0.1) is 0 Å².